The van der Waals surface area contributed by atoms with Crippen LogP contribution in [0.2, 0.25) is 0 Å². The van der Waals surface area contributed by atoms with Crippen LogP contribution in [-0.4, -0.2) is 28.6 Å². The Bertz CT molecular complexity index is 1640. The minimum Gasteiger partial charge on any atom is -0.497 e. The first-order valence-electron chi connectivity index (χ1n) is 12.6. The van der Waals surface area contributed by atoms with Gasteiger partial charge < -0.3 is 9.30 Å². The number of aromatic nitrogens is 1. The zero-order valence-electron chi connectivity index (χ0n) is 22.6. The molecule has 1 aliphatic rings. The number of methoxy groups -OCH3 is 1. The second kappa shape index (κ2) is 10.3. The Balaban J connectivity index is 1.64. The molecule has 6 nitrogen and oxygen atoms in total. The number of hydrogen-bond donors (Lipinski definition) is 0. The van der Waals surface area contributed by atoms with Crippen LogP contribution < -0.4 is 14.5 Å². The predicted octanol–water partition coefficient (Wildman–Crippen LogP) is 6.47. The molecule has 0 radical (unpaired) electrons. The van der Waals surface area contributed by atoms with E-state index in [-0.39, 0.29) is 10.7 Å². The normalized spacial score (nSPS) is 14.9. The second-order valence-electron chi connectivity index (χ2n) is 9.59. The molecule has 0 saturated carbocycles. The number of carbonyl (C=O) groups is 2. The van der Waals surface area contributed by atoms with Crippen molar-refractivity contribution in [1.82, 2.24) is 4.57 Å². The number of thiocarbonyl (C=S) groups is 1. The van der Waals surface area contributed by atoms with Gasteiger partial charge in [-0.1, -0.05) is 24.3 Å². The Morgan fingerprint density at radius 3 is 1.95 bits per heavy atom. The third-order valence-corrected chi connectivity index (χ3v) is 7.48. The lowest BCUT2D eigenvalue weighted by atomic mass is 10.0. The molecule has 3 aromatic carbocycles. The van der Waals surface area contributed by atoms with Gasteiger partial charge in [-0.2, -0.15) is 0 Å². The van der Waals surface area contributed by atoms with E-state index in [1.165, 1.54) is 9.80 Å². The zero-order chi connectivity index (χ0) is 27.8. The molecule has 1 saturated heterocycles. The number of carbonyl (C=O) groups excluding carboxylic acids is 2. The van der Waals surface area contributed by atoms with Crippen molar-refractivity contribution >= 4 is 46.6 Å². The number of anilines is 2. The fourth-order valence-corrected chi connectivity index (χ4v) is 5.22. The highest BCUT2D eigenvalue weighted by Crippen LogP contribution is 2.32. The molecule has 7 heteroatoms. The summed E-state index contributed by atoms with van der Waals surface area (Å²) in [5.41, 5.74) is 7.01. The van der Waals surface area contributed by atoms with Crippen LogP contribution in [0.25, 0.3) is 11.8 Å². The van der Waals surface area contributed by atoms with Crippen LogP contribution in [0, 0.1) is 27.7 Å². The largest absolute Gasteiger partial charge is 0.497 e. The number of rotatable bonds is 5. The molecule has 2 amide bonds. The van der Waals surface area contributed by atoms with Gasteiger partial charge in [-0.15, -0.1) is 0 Å². The van der Waals surface area contributed by atoms with Gasteiger partial charge in [-0.05, 0) is 117 Å². The summed E-state index contributed by atoms with van der Waals surface area (Å²) in [6, 6.07) is 24.7. The molecule has 0 N–H and O–H groups in total. The predicted molar refractivity (Wildman–Crippen MR) is 160 cm³/mol. The third-order valence-electron chi connectivity index (χ3n) is 7.11. The van der Waals surface area contributed by atoms with Crippen molar-refractivity contribution in [2.75, 3.05) is 16.9 Å². The number of nitrogens with zero attached hydrogens (tertiary/aromatic N) is 3. The lowest BCUT2D eigenvalue weighted by molar-refractivity contribution is -0.120. The molecule has 0 aliphatic carbocycles. The lowest BCUT2D eigenvalue weighted by Crippen LogP contribution is -2.57. The van der Waals surface area contributed by atoms with Gasteiger partial charge in [0, 0.05) is 17.1 Å². The Kier molecular flexibility index (Phi) is 6.93. The van der Waals surface area contributed by atoms with Gasteiger partial charge in [0.25, 0.3) is 11.8 Å². The highest BCUT2D eigenvalue weighted by molar-refractivity contribution is 7.81. The van der Waals surface area contributed by atoms with Crippen LogP contribution in [-0.2, 0) is 9.59 Å². The molecule has 0 spiro atoms. The fourth-order valence-electron chi connectivity index (χ4n) is 4.84. The minimum absolute atomic E-state index is 0.0423. The number of ether oxygens (including phenoxy) is 1. The Hall–Kier alpha value is -4.49. The van der Waals surface area contributed by atoms with Gasteiger partial charge in [-0.3, -0.25) is 19.4 Å². The molecule has 196 valence electrons. The molecule has 0 unspecified atom stereocenters. The highest BCUT2D eigenvalue weighted by Gasteiger charge is 2.41. The average molecular weight is 536 g/mol. The fraction of sp³-hybridized carbons (Fsp3) is 0.156. The number of hydrogen-bond acceptors (Lipinski definition) is 4. The van der Waals surface area contributed by atoms with E-state index in [0.717, 1.165) is 39.5 Å². The third kappa shape index (κ3) is 4.66. The molecule has 1 aromatic heterocycles. The van der Waals surface area contributed by atoms with Crippen LogP contribution in [0.5, 0.6) is 5.75 Å². The van der Waals surface area contributed by atoms with Crippen LogP contribution in [0.4, 0.5) is 11.4 Å². The Morgan fingerprint density at radius 1 is 0.718 bits per heavy atom. The van der Waals surface area contributed by atoms with Crippen molar-refractivity contribution in [3.05, 3.63) is 113 Å². The van der Waals surface area contributed by atoms with E-state index in [1.54, 1.807) is 13.2 Å². The highest BCUT2D eigenvalue weighted by atomic mass is 32.1. The van der Waals surface area contributed by atoms with E-state index in [0.29, 0.717) is 11.4 Å². The number of amides is 2. The van der Waals surface area contributed by atoms with E-state index in [2.05, 4.69) is 4.57 Å². The molecule has 0 atom stereocenters. The van der Waals surface area contributed by atoms with E-state index in [4.69, 9.17) is 17.0 Å². The summed E-state index contributed by atoms with van der Waals surface area (Å²) in [5.74, 6) is -0.134. The van der Waals surface area contributed by atoms with Crippen molar-refractivity contribution in [2.24, 2.45) is 0 Å². The Labute approximate surface area is 233 Å². The molecule has 1 aliphatic heterocycles. The topological polar surface area (TPSA) is 54.8 Å². The van der Waals surface area contributed by atoms with E-state index in [9.17, 15) is 9.59 Å². The Morgan fingerprint density at radius 2 is 1.33 bits per heavy atom. The van der Waals surface area contributed by atoms with Crippen LogP contribution >= 0.6 is 12.2 Å². The summed E-state index contributed by atoms with van der Waals surface area (Å²) in [6.07, 6.45) is 1.68. The lowest BCUT2D eigenvalue weighted by Gasteiger charge is -2.36. The summed E-state index contributed by atoms with van der Waals surface area (Å²) in [6.45, 7) is 7.97. The summed E-state index contributed by atoms with van der Waals surface area (Å²) >= 11 is 5.76. The molecule has 2 heterocycles. The van der Waals surface area contributed by atoms with Crippen molar-refractivity contribution in [1.29, 1.82) is 0 Å². The second-order valence-corrected chi connectivity index (χ2v) is 9.95. The quantitative estimate of drug-likeness (QED) is 0.167. The van der Waals surface area contributed by atoms with Gasteiger partial charge in [0.2, 0.25) is 0 Å². The maximum atomic E-state index is 14.0. The molecule has 4 aromatic rings. The molecule has 1 fully saturated rings. The van der Waals surface area contributed by atoms with Crippen molar-refractivity contribution in [3.63, 3.8) is 0 Å². The summed E-state index contributed by atoms with van der Waals surface area (Å²) < 4.78 is 7.38. The first kappa shape index (κ1) is 26.1. The smallest absolute Gasteiger partial charge is 0.270 e. The molecule has 0 bridgehead atoms. The minimum atomic E-state index is -0.453. The standard InChI is InChI=1S/C32H29N3O3S/c1-20-11-12-27(17-21(20)2)35-31(37)29(30(36)34(32(35)39)25-9-7-6-8-10-25)19-24-18-22(3)33(23(24)4)26-13-15-28(38-5)16-14-26/h6-19H,1-5H3/b29-19+. The summed E-state index contributed by atoms with van der Waals surface area (Å²) in [5, 5.41) is 0.125. The average Bonchev–Trinajstić information content (AvgIpc) is 3.21. The molecule has 39 heavy (non-hydrogen) atoms. The van der Waals surface area contributed by atoms with Crippen LogP contribution in [0.1, 0.15) is 28.1 Å². The van der Waals surface area contributed by atoms with Crippen molar-refractivity contribution in [3.8, 4) is 11.4 Å². The maximum Gasteiger partial charge on any atom is 0.270 e. The number of para-hydroxylation sites is 1. The van der Waals surface area contributed by atoms with E-state index >= 15 is 0 Å². The maximum absolute atomic E-state index is 14.0. The van der Waals surface area contributed by atoms with Crippen molar-refractivity contribution < 1.29 is 14.3 Å². The van der Waals surface area contributed by atoms with Crippen molar-refractivity contribution in [2.45, 2.75) is 27.7 Å². The monoisotopic (exact) mass is 535 g/mol. The zero-order valence-corrected chi connectivity index (χ0v) is 23.4. The summed E-state index contributed by atoms with van der Waals surface area (Å²) in [4.78, 5) is 30.7. The SMILES string of the molecule is COc1ccc(-n2c(C)cc(/C=C3\C(=O)N(c4ccccc4)C(=S)N(c4ccc(C)c(C)c4)C3=O)c2C)cc1. The van der Waals surface area contributed by atoms with Gasteiger partial charge in [0.1, 0.15) is 11.3 Å². The number of benzene rings is 3. The van der Waals surface area contributed by atoms with Gasteiger partial charge in [0.05, 0.1) is 18.5 Å². The van der Waals surface area contributed by atoms with Crippen LogP contribution in [0.3, 0.4) is 0 Å². The molecular weight excluding hydrogens is 506 g/mol. The van der Waals surface area contributed by atoms with E-state index in [1.807, 2.05) is 107 Å². The van der Waals surface area contributed by atoms with Gasteiger partial charge >= 0.3 is 0 Å². The number of aryl methyl sites for hydroxylation is 3. The summed E-state index contributed by atoms with van der Waals surface area (Å²) in [7, 11) is 1.63. The van der Waals surface area contributed by atoms with E-state index < -0.39 is 11.8 Å². The first-order chi connectivity index (χ1) is 18.7. The van der Waals surface area contributed by atoms with Gasteiger partial charge in [-0.25, -0.2) is 0 Å². The molecule has 5 rings (SSSR count). The molecular formula is C32H29N3O3S. The van der Waals surface area contributed by atoms with Crippen LogP contribution in [0.15, 0.2) is 84.4 Å². The first-order valence-corrected chi connectivity index (χ1v) is 13.0. The van der Waals surface area contributed by atoms with Gasteiger partial charge in [0.15, 0.2) is 5.11 Å².